The van der Waals surface area contributed by atoms with Crippen molar-refractivity contribution in [3.63, 3.8) is 0 Å². The zero-order chi connectivity index (χ0) is 11.6. The highest BCUT2D eigenvalue weighted by atomic mass is 16.5. The predicted molar refractivity (Wildman–Crippen MR) is 68.9 cm³/mol. The van der Waals surface area contributed by atoms with E-state index in [0.717, 1.165) is 19.8 Å². The quantitative estimate of drug-likeness (QED) is 0.590. The zero-order valence-electron chi connectivity index (χ0n) is 11.1. The van der Waals surface area contributed by atoms with Crippen molar-refractivity contribution >= 4 is 0 Å². The maximum Gasteiger partial charge on any atom is 0.0593 e. The summed E-state index contributed by atoms with van der Waals surface area (Å²) in [5.74, 6) is 0. The fourth-order valence-electron chi connectivity index (χ4n) is 2.00. The van der Waals surface area contributed by atoms with Gasteiger partial charge in [-0.15, -0.1) is 0 Å². The minimum Gasteiger partial charge on any atom is -0.380 e. The van der Waals surface area contributed by atoms with E-state index in [1.165, 1.54) is 51.9 Å². The van der Waals surface area contributed by atoms with E-state index >= 15 is 0 Å². The molecule has 0 aromatic heterocycles. The van der Waals surface area contributed by atoms with Crippen molar-refractivity contribution in [3.8, 4) is 0 Å². The third-order valence-corrected chi connectivity index (χ3v) is 3.29. The smallest absolute Gasteiger partial charge is 0.0593 e. The van der Waals surface area contributed by atoms with Crippen LogP contribution in [0.2, 0.25) is 0 Å². The number of unbranched alkanes of at least 4 members (excludes halogenated alkanes) is 3. The summed E-state index contributed by atoms with van der Waals surface area (Å²) in [6.45, 7) is 10.0. The first-order valence-electron chi connectivity index (χ1n) is 6.81. The fourth-order valence-corrected chi connectivity index (χ4v) is 2.00. The number of hydrogen-bond donors (Lipinski definition) is 0. The zero-order valence-corrected chi connectivity index (χ0v) is 11.1. The molecule has 1 saturated heterocycles. The van der Waals surface area contributed by atoms with Crippen LogP contribution in [0.3, 0.4) is 0 Å². The molecule has 1 aliphatic heterocycles. The average Bonchev–Trinajstić information content (AvgIpc) is 2.30. The van der Waals surface area contributed by atoms with Crippen molar-refractivity contribution in [1.29, 1.82) is 0 Å². The first-order valence-corrected chi connectivity index (χ1v) is 6.81. The molecule has 0 aliphatic carbocycles. The second-order valence-electron chi connectivity index (χ2n) is 4.82. The molecule has 0 spiro atoms. The summed E-state index contributed by atoms with van der Waals surface area (Å²) >= 11 is 0. The fraction of sp³-hybridized carbons (Fsp3) is 1.00. The van der Waals surface area contributed by atoms with E-state index in [1.807, 2.05) is 0 Å². The summed E-state index contributed by atoms with van der Waals surface area (Å²) in [4.78, 5) is 4.90. The van der Waals surface area contributed by atoms with Crippen molar-refractivity contribution in [2.75, 3.05) is 53.0 Å². The van der Waals surface area contributed by atoms with Gasteiger partial charge in [0.25, 0.3) is 0 Å². The van der Waals surface area contributed by atoms with Gasteiger partial charge in [0.2, 0.25) is 0 Å². The van der Waals surface area contributed by atoms with Gasteiger partial charge in [0, 0.05) is 39.3 Å². The number of piperazine rings is 1. The van der Waals surface area contributed by atoms with Crippen LogP contribution in [0.25, 0.3) is 0 Å². The molecule has 0 radical (unpaired) electrons. The lowest BCUT2D eigenvalue weighted by atomic mass is 10.2. The SMILES string of the molecule is CCCCCCOCCN1CCN(C)CC1. The van der Waals surface area contributed by atoms with Crippen LogP contribution in [0.5, 0.6) is 0 Å². The minimum atomic E-state index is 0.913. The monoisotopic (exact) mass is 228 g/mol. The lowest BCUT2D eigenvalue weighted by molar-refractivity contribution is 0.0800. The van der Waals surface area contributed by atoms with Crippen LogP contribution in [0.4, 0.5) is 0 Å². The van der Waals surface area contributed by atoms with Crippen LogP contribution in [-0.2, 0) is 4.74 Å². The van der Waals surface area contributed by atoms with E-state index in [1.54, 1.807) is 0 Å². The normalized spacial score (nSPS) is 19.1. The van der Waals surface area contributed by atoms with Crippen molar-refractivity contribution in [2.45, 2.75) is 32.6 Å². The second-order valence-corrected chi connectivity index (χ2v) is 4.82. The third-order valence-electron chi connectivity index (χ3n) is 3.29. The Morgan fingerprint density at radius 3 is 2.38 bits per heavy atom. The lowest BCUT2D eigenvalue weighted by Gasteiger charge is -2.32. The van der Waals surface area contributed by atoms with E-state index in [-0.39, 0.29) is 0 Å². The molecule has 0 unspecified atom stereocenters. The van der Waals surface area contributed by atoms with Gasteiger partial charge >= 0.3 is 0 Å². The molecule has 0 saturated carbocycles. The Balaban J connectivity index is 1.84. The highest BCUT2D eigenvalue weighted by Crippen LogP contribution is 2.00. The molecule has 1 fully saturated rings. The Labute approximate surface area is 101 Å². The largest absolute Gasteiger partial charge is 0.380 e. The van der Waals surface area contributed by atoms with Crippen molar-refractivity contribution in [2.24, 2.45) is 0 Å². The maximum absolute atomic E-state index is 5.65. The Hall–Kier alpha value is -0.120. The average molecular weight is 228 g/mol. The number of likely N-dealkylation sites (N-methyl/N-ethyl adjacent to an activating group) is 1. The molecule has 3 nitrogen and oxygen atoms in total. The summed E-state index contributed by atoms with van der Waals surface area (Å²) in [6, 6.07) is 0. The van der Waals surface area contributed by atoms with Gasteiger partial charge in [-0.05, 0) is 13.5 Å². The molecule has 1 aliphatic rings. The van der Waals surface area contributed by atoms with E-state index in [9.17, 15) is 0 Å². The van der Waals surface area contributed by atoms with Gasteiger partial charge in [-0.1, -0.05) is 26.2 Å². The number of rotatable bonds is 8. The lowest BCUT2D eigenvalue weighted by Crippen LogP contribution is -2.45. The molecule has 0 amide bonds. The van der Waals surface area contributed by atoms with E-state index in [0.29, 0.717) is 0 Å². The van der Waals surface area contributed by atoms with Gasteiger partial charge in [0.1, 0.15) is 0 Å². The first kappa shape index (κ1) is 13.9. The van der Waals surface area contributed by atoms with Crippen LogP contribution < -0.4 is 0 Å². The molecule has 0 N–H and O–H groups in total. The molecule has 3 heteroatoms. The Kier molecular flexibility index (Phi) is 7.81. The highest BCUT2D eigenvalue weighted by Gasteiger charge is 2.12. The summed E-state index contributed by atoms with van der Waals surface area (Å²) in [6.07, 6.45) is 5.21. The van der Waals surface area contributed by atoms with Crippen molar-refractivity contribution in [1.82, 2.24) is 9.80 Å². The molecular formula is C13H28N2O. The van der Waals surface area contributed by atoms with Gasteiger partial charge in [-0.25, -0.2) is 0 Å². The van der Waals surface area contributed by atoms with Gasteiger partial charge in [-0.2, -0.15) is 0 Å². The van der Waals surface area contributed by atoms with Gasteiger partial charge < -0.3 is 9.64 Å². The molecule has 1 heterocycles. The molecule has 96 valence electrons. The highest BCUT2D eigenvalue weighted by molar-refractivity contribution is 4.68. The van der Waals surface area contributed by atoms with E-state index in [2.05, 4.69) is 23.8 Å². The second kappa shape index (κ2) is 8.97. The molecule has 1 rings (SSSR count). The van der Waals surface area contributed by atoms with E-state index in [4.69, 9.17) is 4.74 Å². The maximum atomic E-state index is 5.65. The molecule has 0 aromatic carbocycles. The Bertz CT molecular complexity index is 156. The summed E-state index contributed by atoms with van der Waals surface area (Å²) in [5, 5.41) is 0. The van der Waals surface area contributed by atoms with Crippen LogP contribution in [0, 0.1) is 0 Å². The minimum absolute atomic E-state index is 0.913. The number of hydrogen-bond acceptors (Lipinski definition) is 3. The summed E-state index contributed by atoms with van der Waals surface area (Å²) in [7, 11) is 2.20. The Morgan fingerprint density at radius 2 is 1.69 bits per heavy atom. The topological polar surface area (TPSA) is 15.7 Å². The standard InChI is InChI=1S/C13H28N2O/c1-3-4-5-6-12-16-13-11-15-9-7-14(2)8-10-15/h3-13H2,1-2H3. The summed E-state index contributed by atoms with van der Waals surface area (Å²) in [5.41, 5.74) is 0. The van der Waals surface area contributed by atoms with Crippen molar-refractivity contribution in [3.05, 3.63) is 0 Å². The van der Waals surface area contributed by atoms with Crippen LogP contribution in [0.15, 0.2) is 0 Å². The summed E-state index contributed by atoms with van der Waals surface area (Å²) < 4.78 is 5.65. The van der Waals surface area contributed by atoms with Gasteiger partial charge in [0.05, 0.1) is 6.61 Å². The molecule has 16 heavy (non-hydrogen) atoms. The third kappa shape index (κ3) is 6.46. The predicted octanol–water partition coefficient (Wildman–Crippen LogP) is 1.83. The van der Waals surface area contributed by atoms with Crippen LogP contribution in [-0.4, -0.2) is 62.8 Å². The van der Waals surface area contributed by atoms with Crippen molar-refractivity contribution < 1.29 is 4.74 Å². The van der Waals surface area contributed by atoms with Crippen LogP contribution in [0.1, 0.15) is 32.6 Å². The molecule has 0 bridgehead atoms. The Morgan fingerprint density at radius 1 is 0.938 bits per heavy atom. The molecule has 0 atom stereocenters. The molecular weight excluding hydrogens is 200 g/mol. The van der Waals surface area contributed by atoms with Crippen LogP contribution >= 0.6 is 0 Å². The molecule has 0 aromatic rings. The first-order chi connectivity index (χ1) is 7.83. The van der Waals surface area contributed by atoms with Gasteiger partial charge in [-0.3, -0.25) is 4.90 Å². The van der Waals surface area contributed by atoms with E-state index < -0.39 is 0 Å². The number of ether oxygens (including phenoxy) is 1. The number of nitrogens with zero attached hydrogens (tertiary/aromatic N) is 2. The van der Waals surface area contributed by atoms with Gasteiger partial charge in [0.15, 0.2) is 0 Å².